The summed E-state index contributed by atoms with van der Waals surface area (Å²) in [5.74, 6) is 1.40. The van der Waals surface area contributed by atoms with Gasteiger partial charge in [-0.15, -0.1) is 0 Å². The van der Waals surface area contributed by atoms with Gasteiger partial charge < -0.3 is 24.4 Å². The smallest absolute Gasteiger partial charge is 0.266 e. The van der Waals surface area contributed by atoms with Crippen molar-refractivity contribution in [2.75, 3.05) is 57.8 Å². The Kier molecular flexibility index (Phi) is 5.05. The average molecular weight is 295 g/mol. The first kappa shape index (κ1) is 14.7. The van der Waals surface area contributed by atoms with Crippen molar-refractivity contribution in [1.82, 2.24) is 20.4 Å². The van der Waals surface area contributed by atoms with E-state index in [0.717, 1.165) is 58.1 Å². The van der Waals surface area contributed by atoms with Crippen LogP contribution in [-0.4, -0.2) is 74.1 Å². The summed E-state index contributed by atoms with van der Waals surface area (Å²) in [5, 5.41) is 7.42. The van der Waals surface area contributed by atoms with E-state index in [1.165, 1.54) is 0 Å². The molecule has 1 aromatic rings. The molecule has 3 rings (SSSR count). The van der Waals surface area contributed by atoms with Crippen molar-refractivity contribution < 1.29 is 9.26 Å². The number of anilines is 1. The third-order valence-corrected chi connectivity index (χ3v) is 4.20. The van der Waals surface area contributed by atoms with E-state index in [0.29, 0.717) is 25.0 Å². The van der Waals surface area contributed by atoms with Crippen LogP contribution in [0.25, 0.3) is 0 Å². The van der Waals surface area contributed by atoms with Crippen LogP contribution in [0.15, 0.2) is 4.52 Å². The van der Waals surface area contributed by atoms with Crippen molar-refractivity contribution in [2.24, 2.45) is 0 Å². The lowest BCUT2D eigenvalue weighted by molar-refractivity contribution is 0.0322. The van der Waals surface area contributed by atoms with Gasteiger partial charge in [0.1, 0.15) is 0 Å². The number of nitrogens with zero attached hydrogens (tertiary/aromatic N) is 4. The van der Waals surface area contributed by atoms with Gasteiger partial charge in [-0.1, -0.05) is 0 Å². The van der Waals surface area contributed by atoms with Gasteiger partial charge in [0.05, 0.1) is 19.1 Å². The molecule has 0 aromatic carbocycles. The molecule has 0 atom stereocenters. The van der Waals surface area contributed by atoms with Crippen molar-refractivity contribution in [1.29, 1.82) is 0 Å². The monoisotopic (exact) mass is 295 g/mol. The van der Waals surface area contributed by atoms with Gasteiger partial charge in [-0.3, -0.25) is 0 Å². The number of aromatic nitrogens is 2. The molecule has 2 saturated heterocycles. The fourth-order valence-electron chi connectivity index (χ4n) is 2.76. The van der Waals surface area contributed by atoms with Crippen LogP contribution >= 0.6 is 0 Å². The fourth-order valence-corrected chi connectivity index (χ4v) is 2.76. The van der Waals surface area contributed by atoms with Gasteiger partial charge in [0.2, 0.25) is 5.89 Å². The van der Waals surface area contributed by atoms with Crippen LogP contribution in [0.1, 0.15) is 18.7 Å². The summed E-state index contributed by atoms with van der Waals surface area (Å²) in [7, 11) is 2.14. The first-order valence-electron chi connectivity index (χ1n) is 7.89. The number of hydrogen-bond donors (Lipinski definition) is 1. The molecule has 0 saturated carbocycles. The van der Waals surface area contributed by atoms with Crippen molar-refractivity contribution in [2.45, 2.75) is 25.4 Å². The van der Waals surface area contributed by atoms with E-state index < -0.39 is 0 Å². The Morgan fingerprint density at radius 3 is 2.76 bits per heavy atom. The molecule has 0 amide bonds. The standard InChI is InChI=1S/C14H25N5O2/c1-18-7-9-19(10-8-18)14-16-13(21-17-14)4-11-20-12-2-5-15-6-3-12/h12,15H,2-11H2,1H3. The van der Waals surface area contributed by atoms with Crippen LogP contribution in [0.5, 0.6) is 0 Å². The molecule has 1 aromatic heterocycles. The molecule has 0 aliphatic carbocycles. The number of likely N-dealkylation sites (N-methyl/N-ethyl adjacent to an activating group) is 1. The summed E-state index contributed by atoms with van der Waals surface area (Å²) in [6.07, 6.45) is 3.27. The zero-order valence-electron chi connectivity index (χ0n) is 12.8. The second kappa shape index (κ2) is 7.20. The van der Waals surface area contributed by atoms with Crippen molar-refractivity contribution in [3.8, 4) is 0 Å². The summed E-state index contributed by atoms with van der Waals surface area (Å²) < 4.78 is 11.2. The first-order valence-corrected chi connectivity index (χ1v) is 7.89. The van der Waals surface area contributed by atoms with E-state index in [2.05, 4.69) is 32.3 Å². The van der Waals surface area contributed by atoms with Crippen LogP contribution in [0.4, 0.5) is 5.95 Å². The summed E-state index contributed by atoms with van der Waals surface area (Å²) >= 11 is 0. The van der Waals surface area contributed by atoms with Crippen molar-refractivity contribution in [3.63, 3.8) is 0 Å². The first-order chi connectivity index (χ1) is 10.3. The highest BCUT2D eigenvalue weighted by Crippen LogP contribution is 2.13. The largest absolute Gasteiger partial charge is 0.378 e. The second-order valence-corrected chi connectivity index (χ2v) is 5.85. The van der Waals surface area contributed by atoms with Crippen LogP contribution < -0.4 is 10.2 Å². The van der Waals surface area contributed by atoms with Gasteiger partial charge in [-0.2, -0.15) is 4.98 Å². The Hall–Kier alpha value is -1.18. The topological polar surface area (TPSA) is 66.7 Å². The lowest BCUT2D eigenvalue weighted by Crippen LogP contribution is -2.44. The Bertz CT molecular complexity index is 425. The minimum atomic E-state index is 0.381. The SMILES string of the molecule is CN1CCN(c2noc(CCOC3CCNCC3)n2)CC1. The molecule has 0 unspecified atom stereocenters. The minimum Gasteiger partial charge on any atom is -0.378 e. The molecule has 0 bridgehead atoms. The lowest BCUT2D eigenvalue weighted by Gasteiger charge is -2.31. The molecule has 0 radical (unpaired) electrons. The highest BCUT2D eigenvalue weighted by Gasteiger charge is 2.19. The third kappa shape index (κ3) is 4.15. The number of hydrogen-bond acceptors (Lipinski definition) is 7. The van der Waals surface area contributed by atoms with Crippen LogP contribution in [0.2, 0.25) is 0 Å². The number of nitrogens with one attached hydrogen (secondary N) is 1. The van der Waals surface area contributed by atoms with E-state index >= 15 is 0 Å². The molecule has 118 valence electrons. The predicted octanol–water partition coefficient (Wildman–Crippen LogP) is 0.133. The molecular formula is C14H25N5O2. The van der Waals surface area contributed by atoms with E-state index in [1.807, 2.05) is 0 Å². The van der Waals surface area contributed by atoms with E-state index in [9.17, 15) is 0 Å². The quantitative estimate of drug-likeness (QED) is 0.828. The maximum Gasteiger partial charge on any atom is 0.266 e. The van der Waals surface area contributed by atoms with Gasteiger partial charge in [-0.05, 0) is 38.1 Å². The summed E-state index contributed by atoms with van der Waals surface area (Å²) in [4.78, 5) is 8.97. The number of piperazine rings is 1. The van der Waals surface area contributed by atoms with E-state index in [1.54, 1.807) is 0 Å². The highest BCUT2D eigenvalue weighted by atomic mass is 16.5. The second-order valence-electron chi connectivity index (χ2n) is 5.85. The van der Waals surface area contributed by atoms with Crippen LogP contribution in [-0.2, 0) is 11.2 Å². The fraction of sp³-hybridized carbons (Fsp3) is 0.857. The number of ether oxygens (including phenoxy) is 1. The molecule has 7 nitrogen and oxygen atoms in total. The van der Waals surface area contributed by atoms with Gasteiger partial charge in [0, 0.05) is 26.2 Å². The average Bonchev–Trinajstić information content (AvgIpc) is 2.98. The Morgan fingerprint density at radius 1 is 1.24 bits per heavy atom. The number of rotatable bonds is 5. The predicted molar refractivity (Wildman–Crippen MR) is 79.6 cm³/mol. The van der Waals surface area contributed by atoms with Gasteiger partial charge in [0.25, 0.3) is 5.95 Å². The van der Waals surface area contributed by atoms with Crippen molar-refractivity contribution in [3.05, 3.63) is 5.89 Å². The van der Waals surface area contributed by atoms with Crippen LogP contribution in [0, 0.1) is 0 Å². The Balaban J connectivity index is 1.42. The Labute approximate surface area is 125 Å². The molecule has 2 aliphatic rings. The molecule has 2 aliphatic heterocycles. The molecule has 0 spiro atoms. The maximum absolute atomic E-state index is 5.87. The van der Waals surface area contributed by atoms with Crippen LogP contribution in [0.3, 0.4) is 0 Å². The molecule has 21 heavy (non-hydrogen) atoms. The zero-order chi connectivity index (χ0) is 14.5. The maximum atomic E-state index is 5.87. The molecule has 3 heterocycles. The summed E-state index contributed by atoms with van der Waals surface area (Å²) in [6.45, 7) is 6.78. The molecule has 2 fully saturated rings. The van der Waals surface area contributed by atoms with Gasteiger partial charge >= 0.3 is 0 Å². The highest BCUT2D eigenvalue weighted by molar-refractivity contribution is 5.28. The normalized spacial score (nSPS) is 21.9. The van der Waals surface area contributed by atoms with Gasteiger partial charge in [0.15, 0.2) is 0 Å². The summed E-state index contributed by atoms with van der Waals surface area (Å²) in [6, 6.07) is 0. The lowest BCUT2D eigenvalue weighted by atomic mass is 10.1. The summed E-state index contributed by atoms with van der Waals surface area (Å²) in [5.41, 5.74) is 0. The molecule has 1 N–H and O–H groups in total. The molecule has 7 heteroatoms. The van der Waals surface area contributed by atoms with Gasteiger partial charge in [-0.25, -0.2) is 0 Å². The van der Waals surface area contributed by atoms with E-state index in [4.69, 9.17) is 9.26 Å². The zero-order valence-corrected chi connectivity index (χ0v) is 12.8. The Morgan fingerprint density at radius 2 is 2.00 bits per heavy atom. The van der Waals surface area contributed by atoms with E-state index in [-0.39, 0.29) is 0 Å². The third-order valence-electron chi connectivity index (χ3n) is 4.20. The van der Waals surface area contributed by atoms with Crippen molar-refractivity contribution >= 4 is 5.95 Å². The molecular weight excluding hydrogens is 270 g/mol. The minimum absolute atomic E-state index is 0.381. The number of piperidine rings is 1.